The summed E-state index contributed by atoms with van der Waals surface area (Å²) < 4.78 is 13.4. The van der Waals surface area contributed by atoms with E-state index in [2.05, 4.69) is 0 Å². The van der Waals surface area contributed by atoms with Crippen molar-refractivity contribution in [3.8, 4) is 17.2 Å². The molecular weight excluding hydrogens is 225 g/mol. The third-order valence-electron chi connectivity index (χ3n) is 2.26. The average molecular weight is 232 g/mol. The van der Waals surface area contributed by atoms with Crippen molar-refractivity contribution in [2.24, 2.45) is 0 Å². The molecule has 2 aromatic rings. The van der Waals surface area contributed by atoms with Crippen LogP contribution in [0.2, 0.25) is 5.02 Å². The largest absolute Gasteiger partial charge is 0.206 e. The molecular formula is C13H7ClFN. The maximum Gasteiger partial charge on any atom is 0.141 e. The Morgan fingerprint density at radius 3 is 2.56 bits per heavy atom. The summed E-state index contributed by atoms with van der Waals surface area (Å²) in [5.41, 5.74) is 1.35. The van der Waals surface area contributed by atoms with E-state index in [1.54, 1.807) is 36.4 Å². The second-order valence-corrected chi connectivity index (χ2v) is 3.72. The molecule has 0 atom stereocenters. The SMILES string of the molecule is N#Cc1c(F)cccc1-c1cccc(Cl)c1. The van der Waals surface area contributed by atoms with Crippen LogP contribution in [-0.4, -0.2) is 0 Å². The van der Waals surface area contributed by atoms with Gasteiger partial charge in [0, 0.05) is 10.6 Å². The fourth-order valence-electron chi connectivity index (χ4n) is 1.53. The lowest BCUT2D eigenvalue weighted by molar-refractivity contribution is 0.624. The first-order chi connectivity index (χ1) is 7.72. The predicted molar refractivity (Wildman–Crippen MR) is 61.6 cm³/mol. The van der Waals surface area contributed by atoms with Crippen LogP contribution in [0.25, 0.3) is 11.1 Å². The Morgan fingerprint density at radius 2 is 1.88 bits per heavy atom. The minimum absolute atomic E-state index is 0.0461. The van der Waals surface area contributed by atoms with Crippen LogP contribution in [0.1, 0.15) is 5.56 Å². The van der Waals surface area contributed by atoms with Gasteiger partial charge < -0.3 is 0 Å². The lowest BCUT2D eigenvalue weighted by Gasteiger charge is -2.05. The average Bonchev–Trinajstić information content (AvgIpc) is 2.28. The third kappa shape index (κ3) is 1.91. The zero-order valence-electron chi connectivity index (χ0n) is 8.24. The molecule has 16 heavy (non-hydrogen) atoms. The summed E-state index contributed by atoms with van der Waals surface area (Å²) in [7, 11) is 0. The fourth-order valence-corrected chi connectivity index (χ4v) is 1.72. The van der Waals surface area contributed by atoms with E-state index in [0.29, 0.717) is 10.6 Å². The predicted octanol–water partition coefficient (Wildman–Crippen LogP) is 4.02. The molecule has 0 radical (unpaired) electrons. The van der Waals surface area contributed by atoms with Gasteiger partial charge in [-0.1, -0.05) is 35.9 Å². The molecule has 0 fully saturated rings. The van der Waals surface area contributed by atoms with Crippen molar-refractivity contribution in [1.29, 1.82) is 5.26 Å². The van der Waals surface area contributed by atoms with E-state index >= 15 is 0 Å². The van der Waals surface area contributed by atoms with Crippen molar-refractivity contribution in [1.82, 2.24) is 0 Å². The summed E-state index contributed by atoms with van der Waals surface area (Å²) in [4.78, 5) is 0. The van der Waals surface area contributed by atoms with Gasteiger partial charge in [0.2, 0.25) is 0 Å². The molecule has 0 aliphatic carbocycles. The number of nitrogens with zero attached hydrogens (tertiary/aromatic N) is 1. The van der Waals surface area contributed by atoms with Crippen molar-refractivity contribution in [2.45, 2.75) is 0 Å². The maximum atomic E-state index is 13.4. The molecule has 0 spiro atoms. The van der Waals surface area contributed by atoms with Crippen LogP contribution in [0.15, 0.2) is 42.5 Å². The van der Waals surface area contributed by atoms with Crippen LogP contribution in [0.5, 0.6) is 0 Å². The van der Waals surface area contributed by atoms with E-state index in [9.17, 15) is 4.39 Å². The first-order valence-corrected chi connectivity index (χ1v) is 5.04. The molecule has 0 bridgehead atoms. The topological polar surface area (TPSA) is 23.8 Å². The van der Waals surface area contributed by atoms with Gasteiger partial charge >= 0.3 is 0 Å². The van der Waals surface area contributed by atoms with Gasteiger partial charge in [0.15, 0.2) is 0 Å². The molecule has 1 nitrogen and oxygen atoms in total. The summed E-state index contributed by atoms with van der Waals surface area (Å²) in [6.45, 7) is 0. The van der Waals surface area contributed by atoms with Crippen LogP contribution >= 0.6 is 11.6 Å². The minimum Gasteiger partial charge on any atom is -0.206 e. The lowest BCUT2D eigenvalue weighted by Crippen LogP contribution is -1.88. The molecule has 0 N–H and O–H groups in total. The molecule has 0 unspecified atom stereocenters. The zero-order chi connectivity index (χ0) is 11.5. The van der Waals surface area contributed by atoms with E-state index in [0.717, 1.165) is 5.56 Å². The number of rotatable bonds is 1. The van der Waals surface area contributed by atoms with E-state index in [1.807, 2.05) is 6.07 Å². The van der Waals surface area contributed by atoms with Gasteiger partial charge in [-0.05, 0) is 23.8 Å². The van der Waals surface area contributed by atoms with Crippen LogP contribution in [0.3, 0.4) is 0 Å². The second kappa shape index (κ2) is 4.34. The Labute approximate surface area is 97.7 Å². The summed E-state index contributed by atoms with van der Waals surface area (Å²) in [5.74, 6) is -0.514. The molecule has 0 aliphatic rings. The molecule has 0 aliphatic heterocycles. The van der Waals surface area contributed by atoms with Crippen molar-refractivity contribution in [2.75, 3.05) is 0 Å². The fraction of sp³-hybridized carbons (Fsp3) is 0. The van der Waals surface area contributed by atoms with Crippen LogP contribution in [0.4, 0.5) is 4.39 Å². The minimum atomic E-state index is -0.514. The first kappa shape index (κ1) is 10.7. The maximum absolute atomic E-state index is 13.4. The van der Waals surface area contributed by atoms with E-state index in [4.69, 9.17) is 16.9 Å². The number of hydrogen-bond acceptors (Lipinski definition) is 1. The van der Waals surface area contributed by atoms with Crippen molar-refractivity contribution < 1.29 is 4.39 Å². The smallest absolute Gasteiger partial charge is 0.141 e. The quantitative estimate of drug-likeness (QED) is 0.727. The Bertz CT molecular complexity index is 572. The number of nitriles is 1. The molecule has 0 saturated carbocycles. The highest BCUT2D eigenvalue weighted by atomic mass is 35.5. The summed E-state index contributed by atoms with van der Waals surface area (Å²) in [6, 6.07) is 13.4. The Kier molecular flexibility index (Phi) is 2.89. The van der Waals surface area contributed by atoms with E-state index in [-0.39, 0.29) is 5.56 Å². The molecule has 2 rings (SSSR count). The molecule has 0 saturated heterocycles. The van der Waals surface area contributed by atoms with Gasteiger partial charge in [0.1, 0.15) is 11.9 Å². The third-order valence-corrected chi connectivity index (χ3v) is 2.50. The molecule has 0 aromatic heterocycles. The summed E-state index contributed by atoms with van der Waals surface area (Å²) in [6.07, 6.45) is 0. The Hall–Kier alpha value is -1.85. The van der Waals surface area contributed by atoms with Gasteiger partial charge in [-0.15, -0.1) is 0 Å². The molecule has 2 aromatic carbocycles. The Morgan fingerprint density at radius 1 is 1.12 bits per heavy atom. The monoisotopic (exact) mass is 231 g/mol. The number of halogens is 2. The highest BCUT2D eigenvalue weighted by Crippen LogP contribution is 2.27. The van der Waals surface area contributed by atoms with E-state index < -0.39 is 5.82 Å². The van der Waals surface area contributed by atoms with Gasteiger partial charge in [-0.3, -0.25) is 0 Å². The van der Waals surface area contributed by atoms with E-state index in [1.165, 1.54) is 6.07 Å². The molecule has 0 amide bonds. The summed E-state index contributed by atoms with van der Waals surface area (Å²) in [5, 5.41) is 9.47. The van der Waals surface area contributed by atoms with Crippen molar-refractivity contribution in [3.05, 3.63) is 58.9 Å². The normalized spacial score (nSPS) is 9.81. The zero-order valence-corrected chi connectivity index (χ0v) is 9.00. The highest BCUT2D eigenvalue weighted by molar-refractivity contribution is 6.30. The van der Waals surface area contributed by atoms with Gasteiger partial charge in [-0.2, -0.15) is 5.26 Å². The molecule has 3 heteroatoms. The number of benzene rings is 2. The van der Waals surface area contributed by atoms with Crippen molar-refractivity contribution >= 4 is 11.6 Å². The lowest BCUT2D eigenvalue weighted by atomic mass is 10.0. The van der Waals surface area contributed by atoms with Crippen LogP contribution < -0.4 is 0 Å². The van der Waals surface area contributed by atoms with Crippen molar-refractivity contribution in [3.63, 3.8) is 0 Å². The Balaban J connectivity index is 2.66. The van der Waals surface area contributed by atoms with Gasteiger partial charge in [0.25, 0.3) is 0 Å². The van der Waals surface area contributed by atoms with Crippen LogP contribution in [0, 0.1) is 17.1 Å². The molecule has 0 heterocycles. The van der Waals surface area contributed by atoms with Crippen LogP contribution in [-0.2, 0) is 0 Å². The highest BCUT2D eigenvalue weighted by Gasteiger charge is 2.09. The summed E-state index contributed by atoms with van der Waals surface area (Å²) >= 11 is 5.85. The standard InChI is InChI=1S/C13H7ClFN/c14-10-4-1-3-9(7-10)11-5-2-6-13(15)12(11)8-16/h1-7H. The second-order valence-electron chi connectivity index (χ2n) is 3.28. The first-order valence-electron chi connectivity index (χ1n) is 4.67. The number of hydrogen-bond donors (Lipinski definition) is 0. The van der Waals surface area contributed by atoms with Gasteiger partial charge in [-0.25, -0.2) is 4.39 Å². The van der Waals surface area contributed by atoms with Gasteiger partial charge in [0.05, 0.1) is 5.56 Å². The molecule has 78 valence electrons.